The maximum atomic E-state index is 12.2. The number of carbonyl (C=O) groups is 3. The monoisotopic (exact) mass is 431 g/mol. The molecule has 0 heterocycles. The number of aryl methyl sites for hydroxylation is 1. The highest BCUT2D eigenvalue weighted by Gasteiger charge is 2.16. The average molecular weight is 432 g/mol. The molecule has 2 rings (SSSR count). The van der Waals surface area contributed by atoms with Crippen LogP contribution in [0.25, 0.3) is 0 Å². The van der Waals surface area contributed by atoms with Gasteiger partial charge in [-0.1, -0.05) is 29.8 Å². The van der Waals surface area contributed by atoms with Crippen molar-refractivity contribution >= 4 is 40.9 Å². The highest BCUT2D eigenvalue weighted by Crippen LogP contribution is 2.16. The minimum atomic E-state index is -0.668. The number of alkyl carbamates (subject to hydrolysis) is 1. The van der Waals surface area contributed by atoms with E-state index >= 15 is 0 Å². The van der Waals surface area contributed by atoms with E-state index < -0.39 is 17.6 Å². The fraction of sp³-hybridized carbons (Fsp3) is 0.318. The average Bonchev–Trinajstić information content (AvgIpc) is 2.64. The Labute approximate surface area is 181 Å². The van der Waals surface area contributed by atoms with E-state index in [0.29, 0.717) is 29.2 Å². The Morgan fingerprint density at radius 2 is 1.57 bits per heavy atom. The van der Waals surface area contributed by atoms with Crippen molar-refractivity contribution < 1.29 is 19.1 Å². The molecule has 2 aromatic rings. The molecule has 0 atom stereocenters. The van der Waals surface area contributed by atoms with E-state index in [1.807, 2.05) is 18.2 Å². The van der Waals surface area contributed by atoms with E-state index in [9.17, 15) is 14.4 Å². The maximum Gasteiger partial charge on any atom is 0.408 e. The summed E-state index contributed by atoms with van der Waals surface area (Å²) in [7, 11) is 0. The summed E-state index contributed by atoms with van der Waals surface area (Å²) in [5.41, 5.74) is 1.40. The van der Waals surface area contributed by atoms with Crippen LogP contribution in [0.2, 0.25) is 5.02 Å². The fourth-order valence-electron chi connectivity index (χ4n) is 2.52. The van der Waals surface area contributed by atoms with Crippen molar-refractivity contribution in [3.63, 3.8) is 0 Å². The zero-order valence-electron chi connectivity index (χ0n) is 17.3. The molecule has 0 saturated heterocycles. The Kier molecular flexibility index (Phi) is 8.24. The van der Waals surface area contributed by atoms with Crippen LogP contribution in [0, 0.1) is 0 Å². The molecule has 0 unspecified atom stereocenters. The molecule has 160 valence electrons. The third-order valence-corrected chi connectivity index (χ3v) is 3.99. The van der Waals surface area contributed by atoms with E-state index in [1.54, 1.807) is 51.1 Å². The van der Waals surface area contributed by atoms with Gasteiger partial charge in [0.05, 0.1) is 0 Å². The van der Waals surface area contributed by atoms with Crippen LogP contribution in [-0.4, -0.2) is 30.1 Å². The first-order chi connectivity index (χ1) is 14.1. The number of anilines is 2. The lowest BCUT2D eigenvalue weighted by molar-refractivity contribution is -0.116. The molecule has 0 aliphatic carbocycles. The van der Waals surface area contributed by atoms with Crippen molar-refractivity contribution in [2.75, 3.05) is 17.2 Å². The van der Waals surface area contributed by atoms with Crippen molar-refractivity contribution in [3.05, 3.63) is 59.1 Å². The zero-order valence-corrected chi connectivity index (χ0v) is 18.0. The van der Waals surface area contributed by atoms with Gasteiger partial charge in [0.25, 0.3) is 0 Å². The summed E-state index contributed by atoms with van der Waals surface area (Å²) < 4.78 is 5.08. The van der Waals surface area contributed by atoms with Gasteiger partial charge >= 0.3 is 6.09 Å². The summed E-state index contributed by atoms with van der Waals surface area (Å²) >= 11 is 5.95. The van der Waals surface area contributed by atoms with Crippen LogP contribution in [0.1, 0.15) is 32.8 Å². The van der Waals surface area contributed by atoms with Crippen LogP contribution in [0.3, 0.4) is 0 Å². The number of hydrogen-bond donors (Lipinski definition) is 3. The van der Waals surface area contributed by atoms with Gasteiger partial charge < -0.3 is 20.7 Å². The lowest BCUT2D eigenvalue weighted by atomic mass is 10.1. The minimum absolute atomic E-state index is 0.148. The standard InChI is InChI=1S/C22H26ClN3O4/c1-22(2,3)30-21(29)24-14-20(28)26-18-9-5-8-17(13-18)25-19(27)11-10-15-6-4-7-16(23)12-15/h4-9,12-13H,10-11,14H2,1-3H3,(H,24,29)(H,25,27)(H,26,28). The second-order valence-electron chi connectivity index (χ2n) is 7.66. The normalized spacial score (nSPS) is 10.8. The predicted molar refractivity (Wildman–Crippen MR) is 118 cm³/mol. The number of amides is 3. The number of halogens is 1. The van der Waals surface area contributed by atoms with Crippen molar-refractivity contribution in [1.82, 2.24) is 5.32 Å². The van der Waals surface area contributed by atoms with Crippen LogP contribution in [-0.2, 0) is 20.7 Å². The van der Waals surface area contributed by atoms with Gasteiger partial charge in [-0.15, -0.1) is 0 Å². The number of rotatable bonds is 7. The molecule has 3 N–H and O–H groups in total. The van der Waals surface area contributed by atoms with Crippen LogP contribution in [0.5, 0.6) is 0 Å². The highest BCUT2D eigenvalue weighted by molar-refractivity contribution is 6.30. The van der Waals surface area contributed by atoms with E-state index in [1.165, 1.54) is 0 Å². The highest BCUT2D eigenvalue weighted by atomic mass is 35.5. The molecule has 30 heavy (non-hydrogen) atoms. The van der Waals surface area contributed by atoms with Crippen LogP contribution in [0.15, 0.2) is 48.5 Å². The maximum absolute atomic E-state index is 12.2. The van der Waals surface area contributed by atoms with Gasteiger partial charge in [-0.25, -0.2) is 4.79 Å². The Hall–Kier alpha value is -3.06. The first-order valence-corrected chi connectivity index (χ1v) is 9.89. The van der Waals surface area contributed by atoms with Gasteiger partial charge in [0.2, 0.25) is 11.8 Å². The molecule has 0 aliphatic rings. The lowest BCUT2D eigenvalue weighted by Gasteiger charge is -2.19. The van der Waals surface area contributed by atoms with E-state index in [2.05, 4.69) is 16.0 Å². The van der Waals surface area contributed by atoms with Crippen LogP contribution < -0.4 is 16.0 Å². The molecule has 0 bridgehead atoms. The zero-order chi connectivity index (χ0) is 22.1. The molecule has 7 nitrogen and oxygen atoms in total. The summed E-state index contributed by atoms with van der Waals surface area (Å²) in [5.74, 6) is -0.560. The number of hydrogen-bond acceptors (Lipinski definition) is 4. The second kappa shape index (κ2) is 10.6. The summed E-state index contributed by atoms with van der Waals surface area (Å²) in [4.78, 5) is 35.8. The Bertz CT molecular complexity index is 909. The van der Waals surface area contributed by atoms with Crippen molar-refractivity contribution in [1.29, 1.82) is 0 Å². The Morgan fingerprint density at radius 3 is 2.20 bits per heavy atom. The van der Waals surface area contributed by atoms with Crippen molar-refractivity contribution in [3.8, 4) is 0 Å². The lowest BCUT2D eigenvalue weighted by Crippen LogP contribution is -2.37. The summed E-state index contributed by atoms with van der Waals surface area (Å²) in [6, 6.07) is 14.1. The first-order valence-electron chi connectivity index (χ1n) is 9.52. The molecular weight excluding hydrogens is 406 g/mol. The quantitative estimate of drug-likeness (QED) is 0.606. The molecule has 2 aromatic carbocycles. The Balaban J connectivity index is 1.81. The van der Waals surface area contributed by atoms with Gasteiger partial charge in [0.1, 0.15) is 12.1 Å². The molecule has 0 fully saturated rings. The van der Waals surface area contributed by atoms with Gasteiger partial charge in [0, 0.05) is 22.8 Å². The SMILES string of the molecule is CC(C)(C)OC(=O)NCC(=O)Nc1cccc(NC(=O)CCc2cccc(Cl)c2)c1. The van der Waals surface area contributed by atoms with Crippen molar-refractivity contribution in [2.45, 2.75) is 39.2 Å². The van der Waals surface area contributed by atoms with Crippen molar-refractivity contribution in [2.24, 2.45) is 0 Å². The van der Waals surface area contributed by atoms with E-state index in [4.69, 9.17) is 16.3 Å². The van der Waals surface area contributed by atoms with Crippen LogP contribution >= 0.6 is 11.6 Å². The molecule has 8 heteroatoms. The molecule has 0 spiro atoms. The first kappa shape index (κ1) is 23.2. The largest absolute Gasteiger partial charge is 0.444 e. The molecule has 0 aromatic heterocycles. The van der Waals surface area contributed by atoms with Crippen LogP contribution in [0.4, 0.5) is 16.2 Å². The summed E-state index contributed by atoms with van der Waals surface area (Å²) in [6.07, 6.45) is 0.203. The molecule has 0 aliphatic heterocycles. The van der Waals surface area contributed by atoms with Gasteiger partial charge in [-0.3, -0.25) is 9.59 Å². The topological polar surface area (TPSA) is 96.5 Å². The van der Waals surface area contributed by atoms with E-state index in [-0.39, 0.29) is 12.5 Å². The third kappa shape index (κ3) is 8.96. The van der Waals surface area contributed by atoms with Gasteiger partial charge in [-0.05, 0) is 63.1 Å². The molecule has 0 radical (unpaired) electrons. The second-order valence-corrected chi connectivity index (χ2v) is 8.10. The fourth-order valence-corrected chi connectivity index (χ4v) is 2.73. The molecule has 0 saturated carbocycles. The number of benzene rings is 2. The summed E-state index contributed by atoms with van der Waals surface area (Å²) in [5, 5.41) is 8.49. The Morgan fingerprint density at radius 1 is 0.933 bits per heavy atom. The molecular formula is C22H26ClN3O4. The number of ether oxygens (including phenoxy) is 1. The van der Waals surface area contributed by atoms with E-state index in [0.717, 1.165) is 5.56 Å². The van der Waals surface area contributed by atoms with Gasteiger partial charge in [-0.2, -0.15) is 0 Å². The molecule has 3 amide bonds. The number of carbonyl (C=O) groups excluding carboxylic acids is 3. The van der Waals surface area contributed by atoms with Gasteiger partial charge in [0.15, 0.2) is 0 Å². The minimum Gasteiger partial charge on any atom is -0.444 e. The predicted octanol–water partition coefficient (Wildman–Crippen LogP) is 4.37. The summed E-state index contributed by atoms with van der Waals surface area (Å²) in [6.45, 7) is 4.98. The number of nitrogens with one attached hydrogen (secondary N) is 3. The third-order valence-electron chi connectivity index (χ3n) is 3.75. The smallest absolute Gasteiger partial charge is 0.408 e.